The Labute approximate surface area is 110 Å². The first-order valence-electron chi connectivity index (χ1n) is 7.22. The molecule has 1 aromatic heterocycles. The summed E-state index contributed by atoms with van der Waals surface area (Å²) in [6, 6.07) is -1.45. The molecule has 0 aliphatic heterocycles. The van der Waals surface area contributed by atoms with Crippen LogP contribution in [0.4, 0.5) is 5.82 Å². The highest BCUT2D eigenvalue weighted by molar-refractivity contribution is 5.33. The first kappa shape index (κ1) is 9.65. The van der Waals surface area contributed by atoms with Crippen LogP contribution in [0.5, 0.6) is 0 Å². The topological polar surface area (TPSA) is 126 Å². The summed E-state index contributed by atoms with van der Waals surface area (Å²) in [4.78, 5) is 3.58. The molecule has 0 amide bonds. The van der Waals surface area contributed by atoms with Crippen molar-refractivity contribution >= 4 is 5.82 Å². The standard InChI is InChI=1S/C11H18N2O5/c14-6-8(16)11(18)10(17)7(15)5-13-9-3-1-2-4-12-9/h1-4,7-8,10-11,14-18H,5-6H2,(H,12,13)/t7-,8+,10+,11+/m0/s1/i1D,2D,3D,4D. The summed E-state index contributed by atoms with van der Waals surface area (Å²) in [7, 11) is 0. The lowest BCUT2D eigenvalue weighted by Crippen LogP contribution is -2.48. The minimum Gasteiger partial charge on any atom is -0.394 e. The van der Waals surface area contributed by atoms with E-state index in [9.17, 15) is 20.4 Å². The molecule has 0 bridgehead atoms. The fraction of sp³-hybridized carbons (Fsp3) is 0.545. The minimum absolute atomic E-state index is 0.227. The Balaban J connectivity index is 2.74. The van der Waals surface area contributed by atoms with Gasteiger partial charge in [-0.15, -0.1) is 0 Å². The van der Waals surface area contributed by atoms with Crippen LogP contribution in [-0.4, -0.2) is 68.1 Å². The minimum atomic E-state index is -1.78. The van der Waals surface area contributed by atoms with Gasteiger partial charge in [0.15, 0.2) is 0 Å². The number of nitrogens with zero attached hydrogens (tertiary/aromatic N) is 1. The third-order valence-corrected chi connectivity index (χ3v) is 2.27. The van der Waals surface area contributed by atoms with Gasteiger partial charge in [0.05, 0.1) is 18.2 Å². The van der Waals surface area contributed by atoms with E-state index in [0.717, 1.165) is 0 Å². The largest absolute Gasteiger partial charge is 0.394 e. The van der Waals surface area contributed by atoms with E-state index in [2.05, 4.69) is 10.3 Å². The fourth-order valence-electron chi connectivity index (χ4n) is 1.20. The molecule has 4 atom stereocenters. The number of nitrogens with one attached hydrogen (secondary N) is 1. The number of anilines is 1. The molecule has 1 rings (SSSR count). The number of pyridine rings is 1. The van der Waals surface area contributed by atoms with E-state index in [4.69, 9.17) is 10.6 Å². The Morgan fingerprint density at radius 3 is 2.50 bits per heavy atom. The van der Waals surface area contributed by atoms with Crippen molar-refractivity contribution in [1.82, 2.24) is 4.98 Å². The molecule has 6 N–H and O–H groups in total. The van der Waals surface area contributed by atoms with Crippen LogP contribution in [0, 0.1) is 0 Å². The van der Waals surface area contributed by atoms with Crippen molar-refractivity contribution in [3.63, 3.8) is 0 Å². The molecule has 0 aliphatic carbocycles. The summed E-state index contributed by atoms with van der Waals surface area (Å²) in [6.45, 7) is -1.20. The normalized spacial score (nSPS) is 20.9. The van der Waals surface area contributed by atoms with Crippen molar-refractivity contribution in [2.45, 2.75) is 24.4 Å². The molecule has 102 valence electrons. The molecule has 7 heteroatoms. The molecule has 0 aliphatic rings. The quantitative estimate of drug-likeness (QED) is 0.333. The number of hydrogen-bond donors (Lipinski definition) is 6. The van der Waals surface area contributed by atoms with Gasteiger partial charge in [0.2, 0.25) is 0 Å². The number of rotatable bonds is 7. The lowest BCUT2D eigenvalue weighted by Gasteiger charge is -2.25. The van der Waals surface area contributed by atoms with Gasteiger partial charge in [-0.05, 0) is 12.1 Å². The third-order valence-electron chi connectivity index (χ3n) is 2.27. The second-order valence-electron chi connectivity index (χ2n) is 3.63. The van der Waals surface area contributed by atoms with Crippen LogP contribution < -0.4 is 5.32 Å². The summed E-state index contributed by atoms with van der Waals surface area (Å²) in [6.07, 6.45) is -7.27. The first-order chi connectivity index (χ1) is 10.2. The van der Waals surface area contributed by atoms with E-state index in [1.54, 1.807) is 0 Å². The van der Waals surface area contributed by atoms with Crippen LogP contribution in [-0.2, 0) is 0 Å². The van der Waals surface area contributed by atoms with E-state index < -0.39 is 61.9 Å². The summed E-state index contributed by atoms with van der Waals surface area (Å²) < 4.78 is 29.7. The van der Waals surface area contributed by atoms with Crippen molar-refractivity contribution in [2.24, 2.45) is 0 Å². The molecule has 0 spiro atoms. The molecule has 0 radical (unpaired) electrons. The molecular formula is C11H18N2O5. The molecule has 0 saturated carbocycles. The van der Waals surface area contributed by atoms with Crippen LogP contribution in [0.15, 0.2) is 24.3 Å². The van der Waals surface area contributed by atoms with Gasteiger partial charge in [-0.1, -0.05) is 6.04 Å². The lowest BCUT2D eigenvalue weighted by molar-refractivity contribution is -0.111. The molecular weight excluding hydrogens is 240 g/mol. The van der Waals surface area contributed by atoms with Crippen LogP contribution in [0.25, 0.3) is 0 Å². The monoisotopic (exact) mass is 262 g/mol. The van der Waals surface area contributed by atoms with Crippen LogP contribution in [0.1, 0.15) is 5.48 Å². The zero-order valence-corrected chi connectivity index (χ0v) is 9.41. The lowest BCUT2D eigenvalue weighted by atomic mass is 10.0. The maximum Gasteiger partial charge on any atom is 0.125 e. The predicted octanol–water partition coefficient (Wildman–Crippen LogP) is -2.07. The maximum absolute atomic E-state index is 9.69. The second kappa shape index (κ2) is 7.24. The van der Waals surface area contributed by atoms with Gasteiger partial charge >= 0.3 is 0 Å². The van der Waals surface area contributed by atoms with Crippen LogP contribution in [0.3, 0.4) is 0 Å². The molecule has 1 heterocycles. The van der Waals surface area contributed by atoms with Crippen molar-refractivity contribution in [1.29, 1.82) is 0 Å². The Kier molecular flexibility index (Phi) is 3.88. The summed E-state index contributed by atoms with van der Waals surface area (Å²) in [5, 5.41) is 49.0. The maximum atomic E-state index is 9.69. The van der Waals surface area contributed by atoms with Gasteiger partial charge < -0.3 is 30.8 Å². The van der Waals surface area contributed by atoms with Crippen LogP contribution >= 0.6 is 0 Å². The van der Waals surface area contributed by atoms with Gasteiger partial charge in [0.25, 0.3) is 0 Å². The highest BCUT2D eigenvalue weighted by atomic mass is 16.4. The average Bonchev–Trinajstić information content (AvgIpc) is 2.52. The third kappa shape index (κ3) is 4.21. The van der Waals surface area contributed by atoms with E-state index in [0.29, 0.717) is 0 Å². The Morgan fingerprint density at radius 1 is 1.17 bits per heavy atom. The Bertz CT molecular complexity index is 522. The molecule has 7 nitrogen and oxygen atoms in total. The zero-order valence-electron chi connectivity index (χ0n) is 13.4. The Hall–Kier alpha value is -1.25. The molecule has 18 heavy (non-hydrogen) atoms. The van der Waals surface area contributed by atoms with Crippen molar-refractivity contribution in [2.75, 3.05) is 18.5 Å². The average molecular weight is 262 g/mol. The summed E-state index contributed by atoms with van der Waals surface area (Å²) in [5.41, 5.74) is 0. The van der Waals surface area contributed by atoms with E-state index in [-0.39, 0.29) is 5.82 Å². The van der Waals surface area contributed by atoms with Gasteiger partial charge in [-0.25, -0.2) is 4.98 Å². The molecule has 0 aromatic carbocycles. The first-order valence-corrected chi connectivity index (χ1v) is 5.22. The smallest absolute Gasteiger partial charge is 0.125 e. The highest BCUT2D eigenvalue weighted by Gasteiger charge is 2.29. The SMILES string of the molecule is [2H]c1nc(NC[C@H](O)[C@@H](O)[C@H](O)[C@H](O)CO)c([2H])c([2H])c1[2H]. The molecule has 1 aromatic rings. The zero-order chi connectivity index (χ0) is 17.0. The summed E-state index contributed by atoms with van der Waals surface area (Å²) in [5.74, 6) is -0.227. The predicted molar refractivity (Wildman–Crippen MR) is 63.8 cm³/mol. The van der Waals surface area contributed by atoms with Gasteiger partial charge in [-0.3, -0.25) is 0 Å². The molecule has 0 saturated heterocycles. The number of hydrogen-bond acceptors (Lipinski definition) is 7. The molecule has 0 fully saturated rings. The fourth-order valence-corrected chi connectivity index (χ4v) is 1.20. The van der Waals surface area contributed by atoms with Crippen LogP contribution in [0.2, 0.25) is 0 Å². The van der Waals surface area contributed by atoms with Gasteiger partial charge in [0, 0.05) is 12.7 Å². The second-order valence-corrected chi connectivity index (χ2v) is 3.63. The van der Waals surface area contributed by atoms with Crippen molar-refractivity contribution in [3.8, 4) is 0 Å². The van der Waals surface area contributed by atoms with Gasteiger partial charge in [0.1, 0.15) is 24.1 Å². The number of aliphatic hydroxyl groups is 5. The number of aromatic nitrogens is 1. The van der Waals surface area contributed by atoms with E-state index in [1.165, 1.54) is 0 Å². The van der Waals surface area contributed by atoms with Gasteiger partial charge in [-0.2, -0.15) is 0 Å². The molecule has 0 unspecified atom stereocenters. The van der Waals surface area contributed by atoms with Crippen molar-refractivity contribution < 1.29 is 31.0 Å². The highest BCUT2D eigenvalue weighted by Crippen LogP contribution is 2.07. The van der Waals surface area contributed by atoms with E-state index >= 15 is 0 Å². The van der Waals surface area contributed by atoms with E-state index in [1.807, 2.05) is 0 Å². The Morgan fingerprint density at radius 2 is 1.83 bits per heavy atom. The number of aliphatic hydroxyl groups excluding tert-OH is 5. The van der Waals surface area contributed by atoms with Crippen molar-refractivity contribution in [3.05, 3.63) is 24.3 Å². The summed E-state index contributed by atoms with van der Waals surface area (Å²) >= 11 is 0.